The second kappa shape index (κ2) is 4.24. The van der Waals surface area contributed by atoms with E-state index < -0.39 is 0 Å². The lowest BCUT2D eigenvalue weighted by molar-refractivity contribution is 0.0922. The second-order valence-corrected chi connectivity index (χ2v) is 5.61. The quantitative estimate of drug-likeness (QED) is 0.876. The number of carbonyl (C=O) groups is 1. The average Bonchev–Trinajstić information content (AvgIpc) is 2.63. The molecule has 1 aromatic carbocycles. The molecule has 5 heteroatoms. The standard InChI is InChI=1S/C13H13FN2OS/c14-8-5-2-6-9-10(8)11(15)12(18-9)13(17)16-7-3-1-4-7/h2,5-7H,1,3-4,15H2,(H,16,17). The zero-order valence-electron chi connectivity index (χ0n) is 9.70. The highest BCUT2D eigenvalue weighted by molar-refractivity contribution is 7.21. The van der Waals surface area contributed by atoms with Crippen LogP contribution in [-0.2, 0) is 0 Å². The Morgan fingerprint density at radius 1 is 1.44 bits per heavy atom. The van der Waals surface area contributed by atoms with Crippen molar-refractivity contribution in [2.24, 2.45) is 0 Å². The van der Waals surface area contributed by atoms with Crippen molar-refractivity contribution in [1.29, 1.82) is 0 Å². The Hall–Kier alpha value is -1.62. The lowest BCUT2D eigenvalue weighted by Crippen LogP contribution is -2.39. The van der Waals surface area contributed by atoms with Crippen molar-refractivity contribution in [2.75, 3.05) is 5.73 Å². The van der Waals surface area contributed by atoms with Crippen LogP contribution in [0.5, 0.6) is 0 Å². The summed E-state index contributed by atoms with van der Waals surface area (Å²) in [6, 6.07) is 5.02. The molecule has 3 N–H and O–H groups in total. The predicted molar refractivity (Wildman–Crippen MR) is 71.3 cm³/mol. The summed E-state index contributed by atoms with van der Waals surface area (Å²) in [5, 5.41) is 3.29. The van der Waals surface area contributed by atoms with Crippen LogP contribution in [0.15, 0.2) is 18.2 Å². The topological polar surface area (TPSA) is 55.1 Å². The highest BCUT2D eigenvalue weighted by Gasteiger charge is 2.23. The van der Waals surface area contributed by atoms with Crippen LogP contribution in [0.2, 0.25) is 0 Å². The van der Waals surface area contributed by atoms with Crippen LogP contribution in [0.25, 0.3) is 10.1 Å². The van der Waals surface area contributed by atoms with Crippen molar-refractivity contribution >= 4 is 33.0 Å². The van der Waals surface area contributed by atoms with Gasteiger partial charge in [-0.05, 0) is 31.4 Å². The van der Waals surface area contributed by atoms with Gasteiger partial charge in [0, 0.05) is 10.7 Å². The van der Waals surface area contributed by atoms with Gasteiger partial charge in [0.05, 0.1) is 11.1 Å². The molecule has 3 nitrogen and oxygen atoms in total. The van der Waals surface area contributed by atoms with E-state index in [1.165, 1.54) is 17.4 Å². The van der Waals surface area contributed by atoms with E-state index in [9.17, 15) is 9.18 Å². The molecule has 18 heavy (non-hydrogen) atoms. The van der Waals surface area contributed by atoms with Crippen LogP contribution < -0.4 is 11.1 Å². The Morgan fingerprint density at radius 2 is 2.22 bits per heavy atom. The van der Waals surface area contributed by atoms with E-state index in [0.717, 1.165) is 19.3 Å². The molecule has 3 rings (SSSR count). The number of hydrogen-bond donors (Lipinski definition) is 2. The Labute approximate surface area is 108 Å². The first-order valence-electron chi connectivity index (χ1n) is 5.94. The molecule has 2 aromatic rings. The number of carbonyl (C=O) groups excluding carboxylic acids is 1. The summed E-state index contributed by atoms with van der Waals surface area (Å²) in [6.07, 6.45) is 3.19. The van der Waals surface area contributed by atoms with E-state index in [1.54, 1.807) is 12.1 Å². The number of fused-ring (bicyclic) bond motifs is 1. The van der Waals surface area contributed by atoms with Gasteiger partial charge in [-0.25, -0.2) is 4.39 Å². The van der Waals surface area contributed by atoms with Gasteiger partial charge in [-0.2, -0.15) is 0 Å². The fourth-order valence-corrected chi connectivity index (χ4v) is 3.14. The zero-order chi connectivity index (χ0) is 12.7. The van der Waals surface area contributed by atoms with Crippen molar-refractivity contribution in [3.63, 3.8) is 0 Å². The number of benzene rings is 1. The molecule has 0 saturated heterocycles. The Kier molecular flexibility index (Phi) is 2.70. The van der Waals surface area contributed by atoms with Gasteiger partial charge in [0.25, 0.3) is 5.91 Å². The number of nitrogens with one attached hydrogen (secondary N) is 1. The molecule has 0 aliphatic heterocycles. The summed E-state index contributed by atoms with van der Waals surface area (Å²) in [5.41, 5.74) is 6.14. The number of hydrogen-bond acceptors (Lipinski definition) is 3. The maximum atomic E-state index is 13.7. The van der Waals surface area contributed by atoms with E-state index >= 15 is 0 Å². The molecule has 0 unspecified atom stereocenters. The van der Waals surface area contributed by atoms with Crippen LogP contribution >= 0.6 is 11.3 Å². The molecular formula is C13H13FN2OS. The number of nitrogens with two attached hydrogens (primary N) is 1. The fraction of sp³-hybridized carbons (Fsp3) is 0.308. The number of halogens is 1. The highest BCUT2D eigenvalue weighted by Crippen LogP contribution is 2.35. The van der Waals surface area contributed by atoms with Crippen molar-refractivity contribution in [3.05, 3.63) is 28.9 Å². The minimum Gasteiger partial charge on any atom is -0.397 e. The molecule has 1 aliphatic rings. The molecule has 1 saturated carbocycles. The molecule has 0 spiro atoms. The van der Waals surface area contributed by atoms with Gasteiger partial charge in [0.1, 0.15) is 10.7 Å². The molecule has 1 heterocycles. The van der Waals surface area contributed by atoms with Gasteiger partial charge in [-0.1, -0.05) is 6.07 Å². The predicted octanol–water partition coefficient (Wildman–Crippen LogP) is 2.90. The van der Waals surface area contributed by atoms with Gasteiger partial charge in [0.2, 0.25) is 0 Å². The fourth-order valence-electron chi connectivity index (χ4n) is 2.10. The van der Waals surface area contributed by atoms with Crippen molar-refractivity contribution < 1.29 is 9.18 Å². The Morgan fingerprint density at radius 3 is 2.83 bits per heavy atom. The zero-order valence-corrected chi connectivity index (χ0v) is 10.5. The summed E-state index contributed by atoms with van der Waals surface area (Å²) >= 11 is 1.25. The van der Waals surface area contributed by atoms with E-state index in [-0.39, 0.29) is 23.5 Å². The third kappa shape index (κ3) is 1.75. The third-order valence-electron chi connectivity index (χ3n) is 3.35. The Balaban J connectivity index is 1.98. The monoisotopic (exact) mass is 264 g/mol. The lowest BCUT2D eigenvalue weighted by atomic mass is 9.93. The molecule has 1 aliphatic carbocycles. The van der Waals surface area contributed by atoms with Crippen molar-refractivity contribution in [1.82, 2.24) is 5.32 Å². The van der Waals surface area contributed by atoms with Gasteiger partial charge >= 0.3 is 0 Å². The Bertz CT molecular complexity index is 619. The maximum absolute atomic E-state index is 13.7. The second-order valence-electron chi connectivity index (χ2n) is 4.56. The van der Waals surface area contributed by atoms with Crippen LogP contribution in [0, 0.1) is 5.82 Å². The van der Waals surface area contributed by atoms with Gasteiger partial charge in [-0.3, -0.25) is 4.79 Å². The normalized spacial score (nSPS) is 15.6. The third-order valence-corrected chi connectivity index (χ3v) is 4.52. The van der Waals surface area contributed by atoms with Crippen LogP contribution in [-0.4, -0.2) is 11.9 Å². The lowest BCUT2D eigenvalue weighted by Gasteiger charge is -2.26. The largest absolute Gasteiger partial charge is 0.397 e. The first-order chi connectivity index (χ1) is 8.66. The summed E-state index contributed by atoms with van der Waals surface area (Å²) in [5.74, 6) is -0.554. The number of amides is 1. The summed E-state index contributed by atoms with van der Waals surface area (Å²) in [7, 11) is 0. The average molecular weight is 264 g/mol. The van der Waals surface area contributed by atoms with E-state index in [4.69, 9.17) is 5.73 Å². The summed E-state index contributed by atoms with van der Waals surface area (Å²) in [6.45, 7) is 0. The number of rotatable bonds is 2. The van der Waals surface area contributed by atoms with Crippen molar-refractivity contribution in [2.45, 2.75) is 25.3 Å². The van der Waals surface area contributed by atoms with E-state index in [2.05, 4.69) is 5.32 Å². The molecule has 1 fully saturated rings. The van der Waals surface area contributed by atoms with Crippen molar-refractivity contribution in [3.8, 4) is 0 Å². The maximum Gasteiger partial charge on any atom is 0.263 e. The minimum atomic E-state index is -0.371. The summed E-state index contributed by atoms with van der Waals surface area (Å²) in [4.78, 5) is 12.5. The minimum absolute atomic E-state index is 0.183. The smallest absolute Gasteiger partial charge is 0.263 e. The van der Waals surface area contributed by atoms with Crippen LogP contribution in [0.3, 0.4) is 0 Å². The molecular weight excluding hydrogens is 251 g/mol. The molecule has 1 amide bonds. The molecule has 1 aromatic heterocycles. The van der Waals surface area contributed by atoms with Crippen LogP contribution in [0.4, 0.5) is 10.1 Å². The number of anilines is 1. The molecule has 0 bridgehead atoms. The molecule has 94 valence electrons. The first kappa shape index (κ1) is 11.5. The van der Waals surface area contributed by atoms with Crippen LogP contribution in [0.1, 0.15) is 28.9 Å². The highest BCUT2D eigenvalue weighted by atomic mass is 32.1. The molecule has 0 atom stereocenters. The van der Waals surface area contributed by atoms with E-state index in [1.807, 2.05) is 0 Å². The SMILES string of the molecule is Nc1c(C(=O)NC2CCC2)sc2cccc(F)c12. The first-order valence-corrected chi connectivity index (χ1v) is 6.76. The van der Waals surface area contributed by atoms with Gasteiger partial charge in [0.15, 0.2) is 0 Å². The summed E-state index contributed by atoms with van der Waals surface area (Å²) < 4.78 is 14.4. The van der Waals surface area contributed by atoms with Gasteiger partial charge < -0.3 is 11.1 Å². The number of thiophene rings is 1. The number of nitrogen functional groups attached to an aromatic ring is 1. The van der Waals surface area contributed by atoms with E-state index in [0.29, 0.717) is 15.0 Å². The molecule has 0 radical (unpaired) electrons. The van der Waals surface area contributed by atoms with Gasteiger partial charge in [-0.15, -0.1) is 11.3 Å².